The van der Waals surface area contributed by atoms with E-state index < -0.39 is 0 Å². The fourth-order valence-electron chi connectivity index (χ4n) is 1.81. The number of aromatic nitrogens is 2. The van der Waals surface area contributed by atoms with Crippen molar-refractivity contribution in [1.82, 2.24) is 9.78 Å². The van der Waals surface area contributed by atoms with Crippen LogP contribution in [0.25, 0.3) is 0 Å². The summed E-state index contributed by atoms with van der Waals surface area (Å²) in [6.45, 7) is 5.87. The molecule has 2 rings (SSSR count). The highest BCUT2D eigenvalue weighted by atomic mass is 127. The maximum absolute atomic E-state index is 4.44. The molecule has 0 aliphatic carbocycles. The van der Waals surface area contributed by atoms with Crippen molar-refractivity contribution in [3.63, 3.8) is 0 Å². The molecule has 17 heavy (non-hydrogen) atoms. The van der Waals surface area contributed by atoms with Gasteiger partial charge in [0.1, 0.15) is 0 Å². The van der Waals surface area contributed by atoms with E-state index in [4.69, 9.17) is 0 Å². The van der Waals surface area contributed by atoms with E-state index in [9.17, 15) is 0 Å². The summed E-state index contributed by atoms with van der Waals surface area (Å²) in [4.78, 5) is 0. The van der Waals surface area contributed by atoms with Gasteiger partial charge in [0.05, 0.1) is 17.9 Å². The normalized spacial score (nSPS) is 10.5. The first-order valence-corrected chi connectivity index (χ1v) is 6.80. The number of anilines is 1. The lowest BCUT2D eigenvalue weighted by Crippen LogP contribution is -2.08. The number of hydrogen-bond donors (Lipinski definition) is 1. The second-order valence-electron chi connectivity index (χ2n) is 3.93. The van der Waals surface area contributed by atoms with E-state index in [1.165, 1.54) is 15.0 Å². The average Bonchev–Trinajstić information content (AvgIpc) is 2.69. The van der Waals surface area contributed by atoms with E-state index in [0.29, 0.717) is 0 Å². The maximum atomic E-state index is 4.44. The summed E-state index contributed by atoms with van der Waals surface area (Å²) in [5.74, 6) is 0. The molecular formula is C13H16IN3. The first kappa shape index (κ1) is 12.4. The Bertz CT molecular complexity index is 505. The molecule has 3 nitrogen and oxygen atoms in total. The Morgan fingerprint density at radius 1 is 1.35 bits per heavy atom. The Hall–Kier alpha value is -1.04. The molecule has 0 atom stereocenters. The number of nitrogens with zero attached hydrogens (tertiary/aromatic N) is 2. The van der Waals surface area contributed by atoms with Gasteiger partial charge in [-0.1, -0.05) is 12.1 Å². The summed E-state index contributed by atoms with van der Waals surface area (Å²) in [7, 11) is 0. The fourth-order valence-corrected chi connectivity index (χ4v) is 2.38. The first-order valence-electron chi connectivity index (χ1n) is 5.72. The van der Waals surface area contributed by atoms with Crippen LogP contribution in [-0.4, -0.2) is 9.78 Å². The Morgan fingerprint density at radius 2 is 2.12 bits per heavy atom. The van der Waals surface area contributed by atoms with E-state index in [2.05, 4.69) is 58.1 Å². The molecule has 1 heterocycles. The lowest BCUT2D eigenvalue weighted by atomic mass is 10.3. The Labute approximate surface area is 115 Å². The summed E-state index contributed by atoms with van der Waals surface area (Å²) in [6.07, 6.45) is 0. The molecule has 0 spiro atoms. The van der Waals surface area contributed by atoms with Crippen molar-refractivity contribution in [2.24, 2.45) is 0 Å². The minimum absolute atomic E-state index is 0.814. The quantitative estimate of drug-likeness (QED) is 0.864. The molecule has 0 fully saturated rings. The first-order chi connectivity index (χ1) is 8.20. The number of para-hydroxylation sites is 1. The molecule has 0 saturated carbocycles. The molecule has 1 aromatic carbocycles. The van der Waals surface area contributed by atoms with Gasteiger partial charge in [-0.15, -0.1) is 0 Å². The van der Waals surface area contributed by atoms with Crippen LogP contribution in [0.5, 0.6) is 0 Å². The van der Waals surface area contributed by atoms with Gasteiger partial charge in [0.25, 0.3) is 0 Å². The van der Waals surface area contributed by atoms with Crippen LogP contribution in [0.15, 0.2) is 30.3 Å². The van der Waals surface area contributed by atoms with Gasteiger partial charge in [-0.05, 0) is 54.6 Å². The summed E-state index contributed by atoms with van der Waals surface area (Å²) < 4.78 is 3.28. The van der Waals surface area contributed by atoms with Crippen LogP contribution < -0.4 is 5.32 Å². The van der Waals surface area contributed by atoms with Crippen molar-refractivity contribution in [2.45, 2.75) is 26.9 Å². The number of aryl methyl sites for hydroxylation is 2. The largest absolute Gasteiger partial charge is 0.379 e. The van der Waals surface area contributed by atoms with E-state index in [0.717, 1.165) is 18.8 Å². The van der Waals surface area contributed by atoms with Gasteiger partial charge < -0.3 is 5.32 Å². The molecule has 0 aliphatic rings. The molecule has 0 unspecified atom stereocenters. The summed E-state index contributed by atoms with van der Waals surface area (Å²) in [6, 6.07) is 10.4. The number of nitrogens with one attached hydrogen (secondary N) is 1. The number of halogens is 1. The van der Waals surface area contributed by atoms with Crippen molar-refractivity contribution < 1.29 is 0 Å². The van der Waals surface area contributed by atoms with Crippen LogP contribution in [0.4, 0.5) is 5.69 Å². The lowest BCUT2D eigenvalue weighted by Gasteiger charge is -2.09. The third kappa shape index (κ3) is 3.00. The Balaban J connectivity index is 2.09. The number of hydrogen-bond acceptors (Lipinski definition) is 2. The molecule has 0 amide bonds. The molecule has 0 saturated heterocycles. The van der Waals surface area contributed by atoms with Gasteiger partial charge in [-0.2, -0.15) is 5.10 Å². The third-order valence-corrected chi connectivity index (χ3v) is 3.56. The zero-order valence-electron chi connectivity index (χ0n) is 10.1. The van der Waals surface area contributed by atoms with Gasteiger partial charge in [0.2, 0.25) is 0 Å². The Kier molecular flexibility index (Phi) is 4.04. The smallest absolute Gasteiger partial charge is 0.0597 e. The summed E-state index contributed by atoms with van der Waals surface area (Å²) in [5.41, 5.74) is 3.48. The van der Waals surface area contributed by atoms with Crippen molar-refractivity contribution >= 4 is 28.3 Å². The van der Waals surface area contributed by atoms with E-state index >= 15 is 0 Å². The molecule has 1 N–H and O–H groups in total. The van der Waals surface area contributed by atoms with Crippen molar-refractivity contribution in [2.75, 3.05) is 5.32 Å². The van der Waals surface area contributed by atoms with Crippen LogP contribution >= 0.6 is 22.6 Å². The van der Waals surface area contributed by atoms with Gasteiger partial charge in [0.15, 0.2) is 0 Å². The van der Waals surface area contributed by atoms with Crippen LogP contribution in [0.1, 0.15) is 18.3 Å². The molecule has 2 aromatic rings. The van der Waals surface area contributed by atoms with Gasteiger partial charge in [-0.25, -0.2) is 0 Å². The minimum Gasteiger partial charge on any atom is -0.379 e. The zero-order chi connectivity index (χ0) is 12.3. The molecule has 1 aromatic heterocycles. The lowest BCUT2D eigenvalue weighted by molar-refractivity contribution is 0.623. The van der Waals surface area contributed by atoms with E-state index in [-0.39, 0.29) is 0 Å². The monoisotopic (exact) mass is 341 g/mol. The van der Waals surface area contributed by atoms with Gasteiger partial charge in [0, 0.05) is 15.8 Å². The second kappa shape index (κ2) is 5.53. The summed E-state index contributed by atoms with van der Waals surface area (Å²) >= 11 is 2.34. The minimum atomic E-state index is 0.814. The topological polar surface area (TPSA) is 29.9 Å². The summed E-state index contributed by atoms with van der Waals surface area (Å²) in [5, 5.41) is 7.89. The van der Waals surface area contributed by atoms with Gasteiger partial charge >= 0.3 is 0 Å². The standard InChI is InChI=1S/C13H16IN3/c1-3-17-11(8-10(2)16-17)9-15-13-7-5-4-6-12(13)14/h4-8,15H,3,9H2,1-2H3. The van der Waals surface area contributed by atoms with Crippen molar-refractivity contribution in [1.29, 1.82) is 0 Å². The highest BCUT2D eigenvalue weighted by Crippen LogP contribution is 2.18. The number of benzene rings is 1. The van der Waals surface area contributed by atoms with Crippen molar-refractivity contribution in [3.05, 3.63) is 45.3 Å². The maximum Gasteiger partial charge on any atom is 0.0597 e. The van der Waals surface area contributed by atoms with E-state index in [1.807, 2.05) is 23.7 Å². The van der Waals surface area contributed by atoms with Crippen LogP contribution in [0.3, 0.4) is 0 Å². The number of rotatable bonds is 4. The van der Waals surface area contributed by atoms with Crippen LogP contribution in [0, 0.1) is 10.5 Å². The molecule has 90 valence electrons. The SMILES string of the molecule is CCn1nc(C)cc1CNc1ccccc1I. The van der Waals surface area contributed by atoms with Crippen LogP contribution in [0.2, 0.25) is 0 Å². The zero-order valence-corrected chi connectivity index (χ0v) is 12.2. The highest BCUT2D eigenvalue weighted by molar-refractivity contribution is 14.1. The molecule has 0 bridgehead atoms. The third-order valence-electron chi connectivity index (χ3n) is 2.62. The highest BCUT2D eigenvalue weighted by Gasteiger charge is 2.04. The molecule has 0 radical (unpaired) electrons. The second-order valence-corrected chi connectivity index (χ2v) is 5.09. The molecule has 4 heteroatoms. The predicted octanol–water partition coefficient (Wildman–Crippen LogP) is 3.43. The average molecular weight is 341 g/mol. The van der Waals surface area contributed by atoms with Crippen molar-refractivity contribution in [3.8, 4) is 0 Å². The molecule has 0 aliphatic heterocycles. The fraction of sp³-hybridized carbons (Fsp3) is 0.308. The van der Waals surface area contributed by atoms with Crippen LogP contribution in [-0.2, 0) is 13.1 Å². The molecular weight excluding hydrogens is 325 g/mol. The predicted molar refractivity (Wildman–Crippen MR) is 79.1 cm³/mol. The van der Waals surface area contributed by atoms with E-state index in [1.54, 1.807) is 0 Å². The Morgan fingerprint density at radius 3 is 2.82 bits per heavy atom. The van der Waals surface area contributed by atoms with Gasteiger partial charge in [-0.3, -0.25) is 4.68 Å².